The second-order valence-corrected chi connectivity index (χ2v) is 10.7. The largest absolute Gasteiger partial charge is 0.352 e. The van der Waals surface area contributed by atoms with E-state index in [0.29, 0.717) is 17.1 Å². The number of nitrogens with one attached hydrogen (secondary N) is 2. The highest BCUT2D eigenvalue weighted by molar-refractivity contribution is 7.16. The van der Waals surface area contributed by atoms with Crippen molar-refractivity contribution in [1.29, 1.82) is 0 Å². The molecule has 0 unspecified atom stereocenters. The Balaban J connectivity index is 1.71. The molecule has 0 atom stereocenters. The first kappa shape index (κ1) is 20.1. The van der Waals surface area contributed by atoms with Crippen molar-refractivity contribution in [3.8, 4) is 0 Å². The molecular weight excluding hydrogens is 376 g/mol. The summed E-state index contributed by atoms with van der Waals surface area (Å²) >= 11 is 3.18. The van der Waals surface area contributed by atoms with Crippen LogP contribution in [0.1, 0.15) is 53.4 Å². The maximum absolute atomic E-state index is 12.8. The lowest BCUT2D eigenvalue weighted by Crippen LogP contribution is -2.27. The zero-order chi connectivity index (χ0) is 20.0. The molecule has 2 amide bonds. The van der Waals surface area contributed by atoms with E-state index in [0.717, 1.165) is 16.9 Å². The van der Waals surface area contributed by atoms with Gasteiger partial charge < -0.3 is 10.6 Å². The summed E-state index contributed by atoms with van der Waals surface area (Å²) in [6.45, 7) is 13.0. The maximum Gasteiger partial charge on any atom is 0.254 e. The summed E-state index contributed by atoms with van der Waals surface area (Å²) in [6.07, 6.45) is 0.817. The lowest BCUT2D eigenvalue weighted by molar-refractivity contribution is -0.118. The summed E-state index contributed by atoms with van der Waals surface area (Å²) in [5, 5.41) is 8.76. The zero-order valence-corrected chi connectivity index (χ0v) is 18.5. The molecule has 1 aliphatic rings. The van der Waals surface area contributed by atoms with Gasteiger partial charge in [0.05, 0.1) is 5.56 Å². The predicted molar refractivity (Wildman–Crippen MR) is 114 cm³/mol. The van der Waals surface area contributed by atoms with Crippen molar-refractivity contribution in [3.63, 3.8) is 0 Å². The molecule has 2 aromatic rings. The van der Waals surface area contributed by atoms with Gasteiger partial charge in [0.15, 0.2) is 0 Å². The molecule has 0 aromatic carbocycles. The van der Waals surface area contributed by atoms with Gasteiger partial charge in [0, 0.05) is 22.2 Å². The number of carbonyl (C=O) groups excluding carboxylic acids is 2. The van der Waals surface area contributed by atoms with Crippen LogP contribution in [-0.4, -0.2) is 18.4 Å². The Morgan fingerprint density at radius 3 is 2.37 bits per heavy atom. The van der Waals surface area contributed by atoms with Gasteiger partial charge in [-0.05, 0) is 48.1 Å². The Labute approximate surface area is 169 Å². The summed E-state index contributed by atoms with van der Waals surface area (Å²) in [5.41, 5.74) is 1.50. The Bertz CT molecular complexity index is 849. The Morgan fingerprint density at radius 2 is 1.81 bits per heavy atom. The van der Waals surface area contributed by atoms with Crippen molar-refractivity contribution in [3.05, 3.63) is 38.4 Å². The summed E-state index contributed by atoms with van der Waals surface area (Å²) in [6, 6.07) is 4.09. The molecule has 6 heteroatoms. The molecule has 1 aliphatic carbocycles. The number of aryl methyl sites for hydroxylation is 1. The normalized spacial score (nSPS) is 17.6. The van der Waals surface area contributed by atoms with Gasteiger partial charge in [-0.15, -0.1) is 22.7 Å². The smallest absolute Gasteiger partial charge is 0.254 e. The van der Waals surface area contributed by atoms with Crippen molar-refractivity contribution < 1.29 is 9.59 Å². The van der Waals surface area contributed by atoms with Gasteiger partial charge in [-0.25, -0.2) is 0 Å². The van der Waals surface area contributed by atoms with Gasteiger partial charge in [-0.1, -0.05) is 33.8 Å². The predicted octanol–water partition coefficient (Wildman–Crippen LogP) is 5.02. The highest BCUT2D eigenvalue weighted by Gasteiger charge is 2.68. The van der Waals surface area contributed by atoms with E-state index in [1.54, 1.807) is 11.3 Å². The highest BCUT2D eigenvalue weighted by Crippen LogP contribution is 2.68. The van der Waals surface area contributed by atoms with Crippen molar-refractivity contribution in [2.24, 2.45) is 16.7 Å². The quantitative estimate of drug-likeness (QED) is 0.710. The van der Waals surface area contributed by atoms with Gasteiger partial charge in [0.1, 0.15) is 5.00 Å². The maximum atomic E-state index is 12.8. The number of hydrogen-bond donors (Lipinski definition) is 2. The van der Waals surface area contributed by atoms with E-state index in [2.05, 4.69) is 44.4 Å². The van der Waals surface area contributed by atoms with Crippen LogP contribution in [0.5, 0.6) is 0 Å². The van der Waals surface area contributed by atoms with E-state index < -0.39 is 0 Å². The number of hydrogen-bond acceptors (Lipinski definition) is 4. The minimum atomic E-state index is -0.113. The van der Waals surface area contributed by atoms with E-state index in [4.69, 9.17) is 0 Å². The van der Waals surface area contributed by atoms with Crippen LogP contribution in [0.2, 0.25) is 0 Å². The average molecular weight is 405 g/mol. The zero-order valence-electron chi connectivity index (χ0n) is 16.9. The fourth-order valence-corrected chi connectivity index (χ4v) is 5.64. The number of rotatable bonds is 6. The highest BCUT2D eigenvalue weighted by atomic mass is 32.1. The van der Waals surface area contributed by atoms with Crippen LogP contribution in [0.25, 0.3) is 0 Å². The molecule has 2 N–H and O–H groups in total. The fourth-order valence-electron chi connectivity index (χ4n) is 3.87. The minimum absolute atomic E-state index is 0.0129. The molecule has 27 heavy (non-hydrogen) atoms. The van der Waals surface area contributed by atoms with Crippen LogP contribution in [0, 0.1) is 30.6 Å². The SMILES string of the molecule is Cc1sc(NC(=O)C2C(C)(C)C2(C)C)c(C(=O)NCCc2cccs2)c1C. The van der Waals surface area contributed by atoms with Gasteiger partial charge in [-0.2, -0.15) is 0 Å². The Hall–Kier alpha value is -1.66. The lowest BCUT2D eigenvalue weighted by atomic mass is 10.0. The molecular formula is C21H28N2O2S2. The molecule has 4 nitrogen and oxygen atoms in total. The lowest BCUT2D eigenvalue weighted by Gasteiger charge is -2.09. The molecule has 2 heterocycles. The van der Waals surface area contributed by atoms with Crippen molar-refractivity contribution >= 4 is 39.5 Å². The van der Waals surface area contributed by atoms with Crippen molar-refractivity contribution in [2.75, 3.05) is 11.9 Å². The molecule has 0 radical (unpaired) electrons. The third-order valence-electron chi connectivity index (χ3n) is 6.37. The molecule has 1 fully saturated rings. The van der Waals surface area contributed by atoms with Crippen molar-refractivity contribution in [1.82, 2.24) is 5.32 Å². The first-order valence-electron chi connectivity index (χ1n) is 9.28. The number of amides is 2. The number of carbonyl (C=O) groups is 2. The average Bonchev–Trinajstić information content (AvgIpc) is 2.98. The fraction of sp³-hybridized carbons (Fsp3) is 0.524. The molecule has 0 aliphatic heterocycles. The van der Waals surface area contributed by atoms with Crippen LogP contribution in [0.4, 0.5) is 5.00 Å². The minimum Gasteiger partial charge on any atom is -0.352 e. The van der Waals surface area contributed by atoms with Gasteiger partial charge in [0.25, 0.3) is 5.91 Å². The van der Waals surface area contributed by atoms with Crippen LogP contribution < -0.4 is 10.6 Å². The topological polar surface area (TPSA) is 58.2 Å². The third kappa shape index (κ3) is 3.57. The van der Waals surface area contributed by atoms with Gasteiger partial charge in [0.2, 0.25) is 5.91 Å². The Morgan fingerprint density at radius 1 is 1.15 bits per heavy atom. The molecule has 0 saturated heterocycles. The van der Waals surface area contributed by atoms with E-state index in [1.807, 2.05) is 25.3 Å². The Kier molecular flexibility index (Phi) is 5.25. The van der Waals surface area contributed by atoms with Crippen LogP contribution in [0.3, 0.4) is 0 Å². The molecule has 3 rings (SSSR count). The summed E-state index contributed by atoms with van der Waals surface area (Å²) in [4.78, 5) is 27.9. The monoisotopic (exact) mass is 404 g/mol. The summed E-state index contributed by atoms with van der Waals surface area (Å²) < 4.78 is 0. The second kappa shape index (κ2) is 7.06. The second-order valence-electron chi connectivity index (χ2n) is 8.44. The number of thiophene rings is 2. The van der Waals surface area contributed by atoms with Crippen LogP contribution in [-0.2, 0) is 11.2 Å². The van der Waals surface area contributed by atoms with Crippen molar-refractivity contribution in [2.45, 2.75) is 48.0 Å². The van der Waals surface area contributed by atoms with Gasteiger partial charge >= 0.3 is 0 Å². The molecule has 1 saturated carbocycles. The van der Waals surface area contributed by atoms with E-state index >= 15 is 0 Å². The van der Waals surface area contributed by atoms with E-state index in [-0.39, 0.29) is 28.6 Å². The molecule has 0 bridgehead atoms. The van der Waals surface area contributed by atoms with Crippen LogP contribution in [0.15, 0.2) is 17.5 Å². The molecule has 0 spiro atoms. The molecule has 2 aromatic heterocycles. The van der Waals surface area contributed by atoms with E-state index in [9.17, 15) is 9.59 Å². The van der Waals surface area contributed by atoms with Crippen LogP contribution >= 0.6 is 22.7 Å². The number of anilines is 1. The van der Waals surface area contributed by atoms with E-state index in [1.165, 1.54) is 16.2 Å². The first-order chi connectivity index (χ1) is 12.6. The first-order valence-corrected chi connectivity index (χ1v) is 11.0. The third-order valence-corrected chi connectivity index (χ3v) is 8.43. The summed E-state index contributed by atoms with van der Waals surface area (Å²) in [5.74, 6) is -0.139. The van der Waals surface area contributed by atoms with Gasteiger partial charge in [-0.3, -0.25) is 9.59 Å². The standard InChI is InChI=1S/C21H28N2O2S2/c1-12-13(2)27-19(23-18(25)16-20(3,4)21(16,5)6)15(12)17(24)22-10-9-14-8-7-11-26-14/h7-8,11,16H,9-10H2,1-6H3,(H,22,24)(H,23,25). The summed E-state index contributed by atoms with van der Waals surface area (Å²) in [7, 11) is 0. The molecule has 146 valence electrons.